The molecule has 0 atom stereocenters. The number of ether oxygens (including phenoxy) is 2. The molecule has 0 spiro atoms. The van der Waals surface area contributed by atoms with Gasteiger partial charge in [-0.1, -0.05) is 0 Å². The Morgan fingerprint density at radius 3 is 2.52 bits per heavy atom. The van der Waals surface area contributed by atoms with E-state index in [-0.39, 0.29) is 0 Å². The number of rotatable bonds is 1. The Morgan fingerprint density at radius 1 is 1.29 bits per heavy atom. The first-order chi connectivity index (χ1) is 9.73. The highest BCUT2D eigenvalue weighted by atomic mass is 79.9. The van der Waals surface area contributed by atoms with Gasteiger partial charge in [0.2, 0.25) is 0 Å². The number of halogens is 1. The van der Waals surface area contributed by atoms with Gasteiger partial charge in [0.25, 0.3) is 0 Å². The van der Waals surface area contributed by atoms with Crippen LogP contribution >= 0.6 is 15.9 Å². The summed E-state index contributed by atoms with van der Waals surface area (Å²) >= 11 is 3.28. The summed E-state index contributed by atoms with van der Waals surface area (Å²) < 4.78 is 11.6. The van der Waals surface area contributed by atoms with E-state index in [1.165, 1.54) is 7.11 Å². The van der Waals surface area contributed by atoms with Crippen molar-refractivity contribution < 1.29 is 19.1 Å². The number of hydrogen-bond donors (Lipinski definition) is 0. The Balaban J connectivity index is 2.49. The Hall–Kier alpha value is -1.89. The van der Waals surface area contributed by atoms with E-state index in [0.717, 1.165) is 4.68 Å². The van der Waals surface area contributed by atoms with Gasteiger partial charge >= 0.3 is 12.1 Å². The molecular weight excluding hydrogens is 340 g/mol. The minimum absolute atomic E-state index is 0.384. The highest BCUT2D eigenvalue weighted by Gasteiger charge is 2.22. The zero-order valence-electron chi connectivity index (χ0n) is 12.1. The van der Waals surface area contributed by atoms with E-state index in [2.05, 4.69) is 25.8 Å². The van der Waals surface area contributed by atoms with Gasteiger partial charge in [-0.3, -0.25) is 0 Å². The predicted molar refractivity (Wildman–Crippen MR) is 80.4 cm³/mol. The number of carbonyl (C=O) groups excluding carboxylic acids is 2. The maximum absolute atomic E-state index is 12.1. The molecule has 0 aliphatic rings. The van der Waals surface area contributed by atoms with Crippen molar-refractivity contribution in [3.63, 3.8) is 0 Å². The van der Waals surface area contributed by atoms with Gasteiger partial charge in [0.1, 0.15) is 10.2 Å². The summed E-state index contributed by atoms with van der Waals surface area (Å²) in [6.07, 6.45) is -0.580. The summed E-state index contributed by atoms with van der Waals surface area (Å²) in [4.78, 5) is 23.7. The Kier molecular flexibility index (Phi) is 4.04. The van der Waals surface area contributed by atoms with Gasteiger partial charge in [-0.25, -0.2) is 9.59 Å². The third-order valence-corrected chi connectivity index (χ3v) is 3.21. The molecule has 7 heteroatoms. The van der Waals surface area contributed by atoms with Crippen LogP contribution in [0.2, 0.25) is 0 Å². The van der Waals surface area contributed by atoms with Crippen molar-refractivity contribution in [1.29, 1.82) is 0 Å². The first-order valence-corrected chi connectivity index (χ1v) is 7.02. The molecule has 0 amide bonds. The normalized spacial score (nSPS) is 11.5. The molecule has 6 nitrogen and oxygen atoms in total. The van der Waals surface area contributed by atoms with E-state index in [1.54, 1.807) is 39.0 Å². The zero-order valence-corrected chi connectivity index (χ0v) is 13.7. The van der Waals surface area contributed by atoms with E-state index in [9.17, 15) is 9.59 Å². The van der Waals surface area contributed by atoms with Gasteiger partial charge in [0.05, 0.1) is 18.2 Å². The summed E-state index contributed by atoms with van der Waals surface area (Å²) in [6, 6.07) is 4.81. The maximum atomic E-state index is 12.1. The molecule has 0 aliphatic carbocycles. The standard InChI is InChI=1S/C14H15BrN2O4/c1-14(2,3)21-13(19)17-10-6-5-8(12(18)20-4)7-9(10)11(15)16-17/h5-7H,1-4H3. The fourth-order valence-corrected chi connectivity index (χ4v) is 2.25. The molecule has 112 valence electrons. The highest BCUT2D eigenvalue weighted by Crippen LogP contribution is 2.25. The van der Waals surface area contributed by atoms with E-state index in [0.29, 0.717) is 21.1 Å². The van der Waals surface area contributed by atoms with Gasteiger partial charge in [-0.15, -0.1) is 0 Å². The van der Waals surface area contributed by atoms with Crippen LogP contribution in [-0.4, -0.2) is 34.6 Å². The topological polar surface area (TPSA) is 70.4 Å². The zero-order chi connectivity index (χ0) is 15.8. The first-order valence-electron chi connectivity index (χ1n) is 6.23. The lowest BCUT2D eigenvalue weighted by Gasteiger charge is -2.19. The van der Waals surface area contributed by atoms with E-state index in [1.807, 2.05) is 0 Å². The number of esters is 1. The van der Waals surface area contributed by atoms with Crippen LogP contribution in [0.1, 0.15) is 31.1 Å². The molecule has 1 heterocycles. The molecule has 1 aromatic carbocycles. The van der Waals surface area contributed by atoms with Crippen molar-refractivity contribution in [2.75, 3.05) is 7.11 Å². The summed E-state index contributed by atoms with van der Waals surface area (Å²) in [6.45, 7) is 5.34. The number of carbonyl (C=O) groups is 2. The Morgan fingerprint density at radius 2 is 1.95 bits per heavy atom. The molecule has 0 fully saturated rings. The lowest BCUT2D eigenvalue weighted by molar-refractivity contribution is 0.0521. The van der Waals surface area contributed by atoms with Gasteiger partial charge in [-0.2, -0.15) is 9.78 Å². The van der Waals surface area contributed by atoms with Crippen molar-refractivity contribution in [1.82, 2.24) is 9.78 Å². The van der Waals surface area contributed by atoms with Crippen molar-refractivity contribution in [2.24, 2.45) is 0 Å². The lowest BCUT2D eigenvalue weighted by atomic mass is 10.1. The van der Waals surface area contributed by atoms with Crippen molar-refractivity contribution in [3.05, 3.63) is 28.4 Å². The van der Waals surface area contributed by atoms with Crippen molar-refractivity contribution in [3.8, 4) is 0 Å². The minimum atomic E-state index is -0.617. The Labute approximate surface area is 130 Å². The lowest BCUT2D eigenvalue weighted by Crippen LogP contribution is -2.27. The predicted octanol–water partition coefficient (Wildman–Crippen LogP) is 3.37. The molecule has 0 bridgehead atoms. The molecule has 2 aromatic rings. The van der Waals surface area contributed by atoms with Gasteiger partial charge in [0.15, 0.2) is 0 Å². The first kappa shape index (κ1) is 15.5. The van der Waals surface area contributed by atoms with Crippen LogP contribution in [0.5, 0.6) is 0 Å². The summed E-state index contributed by atoms with van der Waals surface area (Å²) in [5.41, 5.74) is 0.312. The quantitative estimate of drug-likeness (QED) is 0.734. The molecule has 0 unspecified atom stereocenters. The molecule has 0 saturated heterocycles. The van der Waals surface area contributed by atoms with Crippen LogP contribution in [0, 0.1) is 0 Å². The minimum Gasteiger partial charge on any atom is -0.465 e. The fourth-order valence-electron chi connectivity index (χ4n) is 1.77. The number of fused-ring (bicyclic) bond motifs is 1. The average molecular weight is 355 g/mol. The van der Waals surface area contributed by atoms with E-state index < -0.39 is 17.7 Å². The number of benzene rings is 1. The van der Waals surface area contributed by atoms with Crippen LogP contribution in [0.3, 0.4) is 0 Å². The second kappa shape index (κ2) is 5.48. The number of aromatic nitrogens is 2. The number of methoxy groups -OCH3 is 1. The van der Waals surface area contributed by atoms with E-state index in [4.69, 9.17) is 4.74 Å². The number of hydrogen-bond acceptors (Lipinski definition) is 5. The molecule has 2 rings (SSSR count). The van der Waals surface area contributed by atoms with Crippen LogP contribution in [0.4, 0.5) is 4.79 Å². The van der Waals surface area contributed by atoms with Crippen molar-refractivity contribution >= 4 is 38.9 Å². The average Bonchev–Trinajstić information content (AvgIpc) is 2.73. The summed E-state index contributed by atoms with van der Waals surface area (Å²) in [5, 5.41) is 4.74. The molecule has 0 saturated carbocycles. The van der Waals surface area contributed by atoms with Crippen molar-refractivity contribution in [2.45, 2.75) is 26.4 Å². The Bertz CT molecular complexity index is 716. The van der Waals surface area contributed by atoms with Crippen LogP contribution in [0.15, 0.2) is 22.8 Å². The number of nitrogens with zero attached hydrogens (tertiary/aromatic N) is 2. The molecule has 0 radical (unpaired) electrons. The van der Waals surface area contributed by atoms with Crippen LogP contribution < -0.4 is 0 Å². The molecule has 21 heavy (non-hydrogen) atoms. The largest absolute Gasteiger partial charge is 0.465 e. The molecule has 0 N–H and O–H groups in total. The molecule has 1 aromatic heterocycles. The van der Waals surface area contributed by atoms with E-state index >= 15 is 0 Å². The molecule has 0 aliphatic heterocycles. The molecular formula is C14H15BrN2O4. The summed E-state index contributed by atoms with van der Waals surface area (Å²) in [7, 11) is 1.31. The third kappa shape index (κ3) is 3.24. The smallest absolute Gasteiger partial charge is 0.435 e. The van der Waals surface area contributed by atoms with Crippen LogP contribution in [0.25, 0.3) is 10.9 Å². The second-order valence-corrected chi connectivity index (χ2v) is 6.16. The monoisotopic (exact) mass is 354 g/mol. The fraction of sp³-hybridized carbons (Fsp3) is 0.357. The van der Waals surface area contributed by atoms with Gasteiger partial charge in [0, 0.05) is 5.39 Å². The highest BCUT2D eigenvalue weighted by molar-refractivity contribution is 9.10. The van der Waals surface area contributed by atoms with Gasteiger partial charge in [-0.05, 0) is 54.9 Å². The second-order valence-electron chi connectivity index (χ2n) is 5.41. The maximum Gasteiger partial charge on any atom is 0.435 e. The summed E-state index contributed by atoms with van der Waals surface area (Å²) in [5.74, 6) is -0.450. The van der Waals surface area contributed by atoms with Crippen LogP contribution in [-0.2, 0) is 9.47 Å². The third-order valence-electron chi connectivity index (χ3n) is 2.62. The SMILES string of the molecule is COC(=O)c1ccc2c(c1)c(Br)nn2C(=O)OC(C)(C)C. The van der Waals surface area contributed by atoms with Gasteiger partial charge < -0.3 is 9.47 Å².